The zero-order valence-electron chi connectivity index (χ0n) is 5.49. The fourth-order valence-electron chi connectivity index (χ4n) is 0.810. The van der Waals surface area contributed by atoms with Gasteiger partial charge in [0, 0.05) is 6.04 Å². The lowest BCUT2D eigenvalue weighted by Crippen LogP contribution is -2.18. The van der Waals surface area contributed by atoms with E-state index in [2.05, 4.69) is 4.74 Å². The highest BCUT2D eigenvalue weighted by Gasteiger charge is 2.03. The first-order valence-electron chi connectivity index (χ1n) is 3.07. The maximum absolute atomic E-state index is 9.84. The molecule has 1 atom stereocenters. The van der Waals surface area contributed by atoms with Gasteiger partial charge >= 0.3 is 0 Å². The van der Waals surface area contributed by atoms with Crippen molar-refractivity contribution in [2.45, 2.75) is 12.5 Å². The van der Waals surface area contributed by atoms with E-state index in [1.54, 1.807) is 12.2 Å². The number of nitrogens with two attached hydrogens (primary N) is 1. The maximum Gasteiger partial charge on any atom is 0.298 e. The Labute approximate surface area is 59.2 Å². The number of hydrogen-bond acceptors (Lipinski definition) is 3. The molecule has 0 aromatic heterocycles. The first kappa shape index (κ1) is 7.02. The van der Waals surface area contributed by atoms with E-state index in [-0.39, 0.29) is 6.04 Å². The molecule has 2 N–H and O–H groups in total. The molecule has 0 saturated heterocycles. The van der Waals surface area contributed by atoms with Gasteiger partial charge in [0.05, 0.1) is 0 Å². The summed E-state index contributed by atoms with van der Waals surface area (Å²) < 4.78 is 4.57. The van der Waals surface area contributed by atoms with Crippen molar-refractivity contribution < 1.29 is 9.53 Å². The maximum atomic E-state index is 9.84. The molecule has 3 heteroatoms. The minimum Gasteiger partial charge on any atom is -0.429 e. The minimum atomic E-state index is -0.0139. The van der Waals surface area contributed by atoms with Crippen molar-refractivity contribution in [3.05, 3.63) is 24.0 Å². The van der Waals surface area contributed by atoms with Crippen molar-refractivity contribution in [2.75, 3.05) is 0 Å². The number of rotatable bonds is 2. The molecule has 54 valence electrons. The molecule has 1 aliphatic carbocycles. The second-order valence-corrected chi connectivity index (χ2v) is 2.09. The molecule has 0 radical (unpaired) electrons. The van der Waals surface area contributed by atoms with Crippen LogP contribution in [0.4, 0.5) is 0 Å². The Bertz CT molecular complexity index is 184. The highest BCUT2D eigenvalue weighted by molar-refractivity contribution is 5.42. The second-order valence-electron chi connectivity index (χ2n) is 2.09. The van der Waals surface area contributed by atoms with E-state index in [9.17, 15) is 4.79 Å². The summed E-state index contributed by atoms with van der Waals surface area (Å²) in [5, 5.41) is 0. The predicted molar refractivity (Wildman–Crippen MR) is 37.0 cm³/mol. The molecule has 0 saturated carbocycles. The number of carbonyl (C=O) groups excluding carboxylic acids is 1. The third kappa shape index (κ3) is 1.70. The van der Waals surface area contributed by atoms with Crippen LogP contribution in [0, 0.1) is 0 Å². The zero-order chi connectivity index (χ0) is 7.40. The van der Waals surface area contributed by atoms with Crippen LogP contribution in [0.3, 0.4) is 0 Å². The molecule has 0 amide bonds. The van der Waals surface area contributed by atoms with Crippen molar-refractivity contribution in [3.63, 3.8) is 0 Å². The van der Waals surface area contributed by atoms with E-state index in [0.29, 0.717) is 12.2 Å². The summed E-state index contributed by atoms with van der Waals surface area (Å²) >= 11 is 0. The summed E-state index contributed by atoms with van der Waals surface area (Å²) in [6, 6.07) is -0.0139. The summed E-state index contributed by atoms with van der Waals surface area (Å²) in [6.45, 7) is 0.397. The van der Waals surface area contributed by atoms with Crippen LogP contribution >= 0.6 is 0 Å². The van der Waals surface area contributed by atoms with Gasteiger partial charge in [0.25, 0.3) is 6.47 Å². The molecule has 1 rings (SSSR count). The van der Waals surface area contributed by atoms with Gasteiger partial charge in [0.1, 0.15) is 5.76 Å². The molecule has 1 aliphatic rings. The molecular weight excluding hydrogens is 130 g/mol. The van der Waals surface area contributed by atoms with Crippen LogP contribution in [0.1, 0.15) is 6.42 Å². The van der Waals surface area contributed by atoms with Crippen molar-refractivity contribution in [3.8, 4) is 0 Å². The average Bonchev–Trinajstić information content (AvgIpc) is 1.88. The molecule has 0 heterocycles. The van der Waals surface area contributed by atoms with Crippen LogP contribution in [0.2, 0.25) is 0 Å². The largest absolute Gasteiger partial charge is 0.429 e. The summed E-state index contributed by atoms with van der Waals surface area (Å²) in [5.41, 5.74) is 5.53. The van der Waals surface area contributed by atoms with Crippen LogP contribution in [0.25, 0.3) is 0 Å². The van der Waals surface area contributed by atoms with E-state index in [1.165, 1.54) is 0 Å². The van der Waals surface area contributed by atoms with Gasteiger partial charge in [-0.15, -0.1) is 0 Å². The highest BCUT2D eigenvalue weighted by atomic mass is 16.5. The monoisotopic (exact) mass is 139 g/mol. The molecule has 0 bridgehead atoms. The fraction of sp³-hybridized carbons (Fsp3) is 0.286. The van der Waals surface area contributed by atoms with Gasteiger partial charge in [-0.05, 0) is 18.6 Å². The van der Waals surface area contributed by atoms with E-state index >= 15 is 0 Å². The van der Waals surface area contributed by atoms with Crippen molar-refractivity contribution in [1.82, 2.24) is 0 Å². The van der Waals surface area contributed by atoms with Crippen LogP contribution in [-0.2, 0) is 9.53 Å². The van der Waals surface area contributed by atoms with Gasteiger partial charge in [0.15, 0.2) is 0 Å². The molecule has 0 fully saturated rings. The lowest BCUT2D eigenvalue weighted by molar-refractivity contribution is -0.124. The minimum absolute atomic E-state index is 0.0139. The fourth-order valence-corrected chi connectivity index (χ4v) is 0.810. The Kier molecular flexibility index (Phi) is 2.23. The molecular formula is C7H9NO2. The molecule has 0 aliphatic heterocycles. The van der Waals surface area contributed by atoms with Crippen molar-refractivity contribution in [1.29, 1.82) is 0 Å². The lowest BCUT2D eigenvalue weighted by atomic mass is 10.1. The first-order chi connectivity index (χ1) is 4.83. The third-order valence-electron chi connectivity index (χ3n) is 1.25. The second kappa shape index (κ2) is 3.17. The van der Waals surface area contributed by atoms with E-state index in [0.717, 1.165) is 6.42 Å². The van der Waals surface area contributed by atoms with Crippen molar-refractivity contribution in [2.24, 2.45) is 5.73 Å². The molecule has 0 spiro atoms. The van der Waals surface area contributed by atoms with E-state index < -0.39 is 0 Å². The number of allylic oxidation sites excluding steroid dienone is 1. The summed E-state index contributed by atoms with van der Waals surface area (Å²) in [6.07, 6.45) is 6.14. The van der Waals surface area contributed by atoms with E-state index in [1.807, 2.05) is 6.08 Å². The van der Waals surface area contributed by atoms with Crippen LogP contribution < -0.4 is 5.73 Å². The van der Waals surface area contributed by atoms with Gasteiger partial charge in [0.2, 0.25) is 0 Å². The molecule has 1 unspecified atom stereocenters. The van der Waals surface area contributed by atoms with Crippen LogP contribution in [0.15, 0.2) is 24.0 Å². The Morgan fingerprint density at radius 3 is 3.20 bits per heavy atom. The number of hydrogen-bond donors (Lipinski definition) is 1. The molecule has 10 heavy (non-hydrogen) atoms. The number of ether oxygens (including phenoxy) is 1. The number of carbonyl (C=O) groups is 1. The van der Waals surface area contributed by atoms with E-state index in [4.69, 9.17) is 5.73 Å². The summed E-state index contributed by atoms with van der Waals surface area (Å²) in [4.78, 5) is 9.84. The first-order valence-corrected chi connectivity index (χ1v) is 3.07. The Morgan fingerprint density at radius 1 is 1.80 bits per heavy atom. The SMILES string of the molecule is NC1C=C(OC=O)C=CC1. The Balaban J connectivity index is 2.57. The normalized spacial score (nSPS) is 23.7. The standard InChI is InChI=1S/C7H9NO2/c8-6-2-1-3-7(4-6)10-5-9/h1,3-6H,2,8H2. The van der Waals surface area contributed by atoms with Gasteiger partial charge in [-0.25, -0.2) is 0 Å². The summed E-state index contributed by atoms with van der Waals surface area (Å²) in [7, 11) is 0. The topological polar surface area (TPSA) is 52.3 Å². The smallest absolute Gasteiger partial charge is 0.298 e. The van der Waals surface area contributed by atoms with Crippen molar-refractivity contribution >= 4 is 6.47 Å². The van der Waals surface area contributed by atoms with Crippen LogP contribution in [-0.4, -0.2) is 12.5 Å². The average molecular weight is 139 g/mol. The molecule has 0 aromatic rings. The Morgan fingerprint density at radius 2 is 2.60 bits per heavy atom. The van der Waals surface area contributed by atoms with Crippen LogP contribution in [0.5, 0.6) is 0 Å². The lowest BCUT2D eigenvalue weighted by Gasteiger charge is -2.09. The van der Waals surface area contributed by atoms with Gasteiger partial charge in [-0.3, -0.25) is 4.79 Å². The predicted octanol–water partition coefficient (Wildman–Crippen LogP) is 0.331. The quantitative estimate of drug-likeness (QED) is 0.561. The zero-order valence-corrected chi connectivity index (χ0v) is 5.49. The highest BCUT2D eigenvalue weighted by Crippen LogP contribution is 2.08. The Hall–Kier alpha value is -1.09. The summed E-state index contributed by atoms with van der Waals surface area (Å²) in [5.74, 6) is 0.536. The van der Waals surface area contributed by atoms with Gasteiger partial charge in [-0.1, -0.05) is 6.08 Å². The molecule has 3 nitrogen and oxygen atoms in total. The van der Waals surface area contributed by atoms with Gasteiger partial charge < -0.3 is 10.5 Å². The molecule has 0 aromatic carbocycles. The van der Waals surface area contributed by atoms with Gasteiger partial charge in [-0.2, -0.15) is 0 Å². The third-order valence-corrected chi connectivity index (χ3v) is 1.25.